The molecule has 0 fully saturated rings. The molecule has 0 amide bonds. The summed E-state index contributed by atoms with van der Waals surface area (Å²) in [5.41, 5.74) is 8.35. The molecule has 0 atom stereocenters. The molecule has 0 aliphatic heterocycles. The number of anilines is 3. The predicted molar refractivity (Wildman–Crippen MR) is 77.7 cm³/mol. The Kier molecular flexibility index (Phi) is 3.70. The van der Waals surface area contributed by atoms with Crippen molar-refractivity contribution in [2.24, 2.45) is 0 Å². The molecule has 0 radical (unpaired) electrons. The van der Waals surface area contributed by atoms with Crippen molar-refractivity contribution >= 4 is 33.0 Å². The van der Waals surface area contributed by atoms with Gasteiger partial charge in [-0.05, 0) is 36.4 Å². The van der Waals surface area contributed by atoms with Crippen LogP contribution in [0.15, 0.2) is 40.9 Å². The number of nitrogens with zero attached hydrogens (tertiary/aromatic N) is 2. The van der Waals surface area contributed by atoms with Crippen LogP contribution in [0.4, 0.5) is 17.1 Å². The molecule has 4 nitrogen and oxygen atoms in total. The minimum absolute atomic E-state index is 0.434. The van der Waals surface area contributed by atoms with Gasteiger partial charge in [0.05, 0.1) is 22.5 Å². The third-order valence-electron chi connectivity index (χ3n) is 2.54. The van der Waals surface area contributed by atoms with Gasteiger partial charge in [-0.1, -0.05) is 15.9 Å². The Hall–Kier alpha value is -2.50. The molecule has 0 unspecified atom stereocenters. The van der Waals surface area contributed by atoms with Crippen LogP contribution in [-0.2, 0) is 0 Å². The van der Waals surface area contributed by atoms with E-state index in [2.05, 4.69) is 33.4 Å². The molecule has 0 saturated heterocycles. The fraction of sp³-hybridized carbons (Fsp3) is 0. The van der Waals surface area contributed by atoms with Gasteiger partial charge in [-0.25, -0.2) is 0 Å². The van der Waals surface area contributed by atoms with Gasteiger partial charge >= 0.3 is 0 Å². The summed E-state index contributed by atoms with van der Waals surface area (Å²) in [5, 5.41) is 21.2. The fourth-order valence-corrected chi connectivity index (χ4v) is 1.99. The standard InChI is InChI=1S/C14H9BrN4/c15-11-2-1-9(7-16)14(6-11)19-13-4-3-12(18)5-10(13)8-17/h1-6,19H,18H2. The molecular weight excluding hydrogens is 304 g/mol. The zero-order chi connectivity index (χ0) is 13.8. The molecule has 0 spiro atoms. The predicted octanol–water partition coefficient (Wildman–Crippen LogP) is 3.52. The molecule has 2 aromatic carbocycles. The zero-order valence-electron chi connectivity index (χ0n) is 9.81. The van der Waals surface area contributed by atoms with Crippen molar-refractivity contribution in [3.63, 3.8) is 0 Å². The maximum atomic E-state index is 9.08. The van der Waals surface area contributed by atoms with Crippen LogP contribution in [0.3, 0.4) is 0 Å². The van der Waals surface area contributed by atoms with E-state index in [4.69, 9.17) is 16.3 Å². The molecule has 3 N–H and O–H groups in total. The Morgan fingerprint density at radius 3 is 2.37 bits per heavy atom. The molecule has 0 bridgehead atoms. The quantitative estimate of drug-likeness (QED) is 0.831. The average Bonchev–Trinajstić information content (AvgIpc) is 2.41. The summed E-state index contributed by atoms with van der Waals surface area (Å²) in [5.74, 6) is 0. The lowest BCUT2D eigenvalue weighted by atomic mass is 10.1. The molecule has 0 aliphatic carbocycles. The van der Waals surface area contributed by atoms with Crippen LogP contribution in [-0.4, -0.2) is 0 Å². The molecule has 2 rings (SSSR count). The van der Waals surface area contributed by atoms with E-state index in [1.807, 2.05) is 0 Å². The number of nitrogen functional groups attached to an aromatic ring is 1. The molecule has 0 aromatic heterocycles. The van der Waals surface area contributed by atoms with Crippen molar-refractivity contribution in [3.05, 3.63) is 52.0 Å². The monoisotopic (exact) mass is 312 g/mol. The minimum atomic E-state index is 0.434. The first-order chi connectivity index (χ1) is 9.13. The second-order valence-electron chi connectivity index (χ2n) is 3.84. The molecule has 2 aromatic rings. The highest BCUT2D eigenvalue weighted by molar-refractivity contribution is 9.10. The topological polar surface area (TPSA) is 85.6 Å². The number of hydrogen-bond acceptors (Lipinski definition) is 4. The normalized spacial score (nSPS) is 9.42. The molecular formula is C14H9BrN4. The average molecular weight is 313 g/mol. The first kappa shape index (κ1) is 12.9. The molecule has 19 heavy (non-hydrogen) atoms. The zero-order valence-corrected chi connectivity index (χ0v) is 11.4. The van der Waals surface area contributed by atoms with Crippen molar-refractivity contribution < 1.29 is 0 Å². The van der Waals surface area contributed by atoms with Crippen molar-refractivity contribution in [2.75, 3.05) is 11.1 Å². The lowest BCUT2D eigenvalue weighted by Gasteiger charge is -2.10. The van der Waals surface area contributed by atoms with E-state index in [1.54, 1.807) is 36.4 Å². The number of nitriles is 2. The highest BCUT2D eigenvalue weighted by atomic mass is 79.9. The summed E-state index contributed by atoms with van der Waals surface area (Å²) >= 11 is 3.35. The summed E-state index contributed by atoms with van der Waals surface area (Å²) < 4.78 is 0.850. The lowest BCUT2D eigenvalue weighted by Crippen LogP contribution is -1.97. The largest absolute Gasteiger partial charge is 0.399 e. The van der Waals surface area contributed by atoms with Gasteiger partial charge < -0.3 is 11.1 Å². The van der Waals surface area contributed by atoms with Crippen molar-refractivity contribution in [2.45, 2.75) is 0 Å². The summed E-state index contributed by atoms with van der Waals surface area (Å²) in [7, 11) is 0. The van der Waals surface area contributed by atoms with Crippen LogP contribution < -0.4 is 11.1 Å². The number of nitrogens with one attached hydrogen (secondary N) is 1. The van der Waals surface area contributed by atoms with Crippen LogP contribution in [0, 0.1) is 22.7 Å². The van der Waals surface area contributed by atoms with Crippen LogP contribution >= 0.6 is 15.9 Å². The van der Waals surface area contributed by atoms with Crippen molar-refractivity contribution in [1.82, 2.24) is 0 Å². The summed E-state index contributed by atoms with van der Waals surface area (Å²) in [6, 6.07) is 14.5. The highest BCUT2D eigenvalue weighted by Gasteiger charge is 2.07. The fourth-order valence-electron chi connectivity index (χ4n) is 1.63. The summed E-state index contributed by atoms with van der Waals surface area (Å²) in [6.07, 6.45) is 0. The first-order valence-corrected chi connectivity index (χ1v) is 6.19. The molecule has 92 valence electrons. The Morgan fingerprint density at radius 2 is 1.68 bits per heavy atom. The Labute approximate surface area is 119 Å². The molecule has 5 heteroatoms. The minimum Gasteiger partial charge on any atom is -0.399 e. The molecule has 0 heterocycles. The van der Waals surface area contributed by atoms with Crippen molar-refractivity contribution in [1.29, 1.82) is 10.5 Å². The Bertz CT molecular complexity index is 710. The van der Waals surface area contributed by atoms with Gasteiger partial charge in [0.25, 0.3) is 0 Å². The summed E-state index contributed by atoms with van der Waals surface area (Å²) in [4.78, 5) is 0. The number of rotatable bonds is 2. The van der Waals surface area contributed by atoms with Gasteiger partial charge in [-0.3, -0.25) is 0 Å². The lowest BCUT2D eigenvalue weighted by molar-refractivity contribution is 1.43. The van der Waals surface area contributed by atoms with Gasteiger partial charge in [0, 0.05) is 10.2 Å². The molecule has 0 saturated carbocycles. The van der Waals surface area contributed by atoms with E-state index in [-0.39, 0.29) is 0 Å². The summed E-state index contributed by atoms with van der Waals surface area (Å²) in [6.45, 7) is 0. The maximum Gasteiger partial charge on any atom is 0.101 e. The van der Waals surface area contributed by atoms with Gasteiger partial charge in [-0.2, -0.15) is 10.5 Å². The number of nitrogens with two attached hydrogens (primary N) is 1. The highest BCUT2D eigenvalue weighted by Crippen LogP contribution is 2.27. The van der Waals surface area contributed by atoms with Crippen LogP contribution in [0.5, 0.6) is 0 Å². The Balaban J connectivity index is 2.45. The maximum absolute atomic E-state index is 9.08. The molecule has 0 aliphatic rings. The second kappa shape index (κ2) is 5.43. The van der Waals surface area contributed by atoms with E-state index >= 15 is 0 Å². The van der Waals surface area contributed by atoms with E-state index in [1.165, 1.54) is 0 Å². The number of halogens is 1. The number of benzene rings is 2. The van der Waals surface area contributed by atoms with Gasteiger partial charge in [-0.15, -0.1) is 0 Å². The third kappa shape index (κ3) is 2.85. The van der Waals surface area contributed by atoms with Gasteiger partial charge in [0.15, 0.2) is 0 Å². The third-order valence-corrected chi connectivity index (χ3v) is 3.03. The number of hydrogen-bond donors (Lipinski definition) is 2. The first-order valence-electron chi connectivity index (χ1n) is 5.40. The van der Waals surface area contributed by atoms with E-state index in [0.29, 0.717) is 28.2 Å². The van der Waals surface area contributed by atoms with Crippen LogP contribution in [0.2, 0.25) is 0 Å². The second-order valence-corrected chi connectivity index (χ2v) is 4.76. The van der Waals surface area contributed by atoms with Crippen LogP contribution in [0.1, 0.15) is 11.1 Å². The van der Waals surface area contributed by atoms with Crippen molar-refractivity contribution in [3.8, 4) is 12.1 Å². The van der Waals surface area contributed by atoms with E-state index < -0.39 is 0 Å². The van der Waals surface area contributed by atoms with E-state index in [9.17, 15) is 0 Å². The van der Waals surface area contributed by atoms with Gasteiger partial charge in [0.1, 0.15) is 12.1 Å². The Morgan fingerprint density at radius 1 is 0.947 bits per heavy atom. The SMILES string of the molecule is N#Cc1cc(N)ccc1Nc1cc(Br)ccc1C#N. The smallest absolute Gasteiger partial charge is 0.101 e. The van der Waals surface area contributed by atoms with Crippen LogP contribution in [0.25, 0.3) is 0 Å². The van der Waals surface area contributed by atoms with Gasteiger partial charge in [0.2, 0.25) is 0 Å². The van der Waals surface area contributed by atoms with E-state index in [0.717, 1.165) is 4.47 Å².